The maximum atomic E-state index is 11.5. The van der Waals surface area contributed by atoms with Gasteiger partial charge in [-0.15, -0.1) is 0 Å². The molecular weight excluding hydrogens is 230 g/mol. The number of benzene rings is 1. The number of anilines is 1. The van der Waals surface area contributed by atoms with Gasteiger partial charge in [-0.25, -0.2) is 4.79 Å². The molecule has 5 heteroatoms. The standard InChI is InChI=1S/C13H19N3O2/c1-3-11-4-6-12(7-5-11)16-13(18)15-9-8-14-10(2)17/h4-7H,3,8-9H2,1-2H3,(H,14,17)(H2,15,16,18). The molecule has 1 rings (SSSR count). The molecular formula is C13H19N3O2. The molecule has 18 heavy (non-hydrogen) atoms. The largest absolute Gasteiger partial charge is 0.355 e. The molecule has 3 N–H and O–H groups in total. The lowest BCUT2D eigenvalue weighted by Gasteiger charge is -2.08. The van der Waals surface area contributed by atoms with Gasteiger partial charge in [0.2, 0.25) is 5.91 Å². The molecule has 0 saturated carbocycles. The van der Waals surface area contributed by atoms with Gasteiger partial charge in [0.15, 0.2) is 0 Å². The summed E-state index contributed by atoms with van der Waals surface area (Å²) >= 11 is 0. The van der Waals surface area contributed by atoms with Crippen molar-refractivity contribution in [1.82, 2.24) is 10.6 Å². The van der Waals surface area contributed by atoms with Gasteiger partial charge in [-0.3, -0.25) is 4.79 Å². The Morgan fingerprint density at radius 2 is 1.67 bits per heavy atom. The van der Waals surface area contributed by atoms with E-state index in [4.69, 9.17) is 0 Å². The van der Waals surface area contributed by atoms with Crippen molar-refractivity contribution in [2.45, 2.75) is 20.3 Å². The maximum absolute atomic E-state index is 11.5. The summed E-state index contributed by atoms with van der Waals surface area (Å²) in [5.41, 5.74) is 1.98. The van der Waals surface area contributed by atoms with E-state index in [2.05, 4.69) is 22.9 Å². The fraction of sp³-hybridized carbons (Fsp3) is 0.385. The number of urea groups is 1. The molecule has 3 amide bonds. The monoisotopic (exact) mass is 249 g/mol. The van der Waals surface area contributed by atoms with E-state index in [9.17, 15) is 9.59 Å². The highest BCUT2D eigenvalue weighted by molar-refractivity contribution is 5.89. The minimum absolute atomic E-state index is 0.104. The van der Waals surface area contributed by atoms with Gasteiger partial charge in [0.25, 0.3) is 0 Å². The first kappa shape index (κ1) is 14.0. The Balaban J connectivity index is 2.28. The lowest BCUT2D eigenvalue weighted by atomic mass is 10.1. The summed E-state index contributed by atoms with van der Waals surface area (Å²) in [5.74, 6) is -0.104. The summed E-state index contributed by atoms with van der Waals surface area (Å²) in [5, 5.41) is 7.97. The van der Waals surface area contributed by atoms with Crippen molar-refractivity contribution >= 4 is 17.6 Å². The molecule has 0 saturated heterocycles. The molecule has 0 aliphatic carbocycles. The number of hydrogen-bond donors (Lipinski definition) is 3. The third-order valence-electron chi connectivity index (χ3n) is 2.40. The zero-order valence-electron chi connectivity index (χ0n) is 10.7. The SMILES string of the molecule is CCc1ccc(NC(=O)NCCNC(C)=O)cc1. The van der Waals surface area contributed by atoms with Gasteiger partial charge < -0.3 is 16.0 Å². The van der Waals surface area contributed by atoms with Crippen LogP contribution in [0.1, 0.15) is 19.4 Å². The number of amides is 3. The van der Waals surface area contributed by atoms with Crippen molar-refractivity contribution in [3.05, 3.63) is 29.8 Å². The van der Waals surface area contributed by atoms with E-state index in [1.54, 1.807) is 0 Å². The van der Waals surface area contributed by atoms with E-state index in [0.29, 0.717) is 13.1 Å². The predicted molar refractivity (Wildman–Crippen MR) is 71.5 cm³/mol. The third-order valence-corrected chi connectivity index (χ3v) is 2.40. The lowest BCUT2D eigenvalue weighted by Crippen LogP contribution is -2.36. The van der Waals surface area contributed by atoms with Crippen LogP contribution in [0.2, 0.25) is 0 Å². The van der Waals surface area contributed by atoms with Crippen molar-refractivity contribution in [3.63, 3.8) is 0 Å². The zero-order valence-corrected chi connectivity index (χ0v) is 10.7. The van der Waals surface area contributed by atoms with Crippen LogP contribution in [-0.2, 0) is 11.2 Å². The van der Waals surface area contributed by atoms with Gasteiger partial charge in [-0.2, -0.15) is 0 Å². The summed E-state index contributed by atoms with van der Waals surface area (Å²) in [6.07, 6.45) is 0.975. The van der Waals surface area contributed by atoms with Crippen LogP contribution in [0.3, 0.4) is 0 Å². The minimum atomic E-state index is -0.274. The summed E-state index contributed by atoms with van der Waals surface area (Å²) in [4.78, 5) is 22.1. The Labute approximate surface area is 107 Å². The maximum Gasteiger partial charge on any atom is 0.319 e. The van der Waals surface area contributed by atoms with Crippen LogP contribution >= 0.6 is 0 Å². The van der Waals surface area contributed by atoms with Gasteiger partial charge in [-0.1, -0.05) is 19.1 Å². The number of hydrogen-bond acceptors (Lipinski definition) is 2. The molecule has 0 atom stereocenters. The van der Waals surface area contributed by atoms with E-state index in [1.165, 1.54) is 12.5 Å². The zero-order chi connectivity index (χ0) is 13.4. The van der Waals surface area contributed by atoms with Crippen LogP contribution in [-0.4, -0.2) is 25.0 Å². The van der Waals surface area contributed by atoms with E-state index in [0.717, 1.165) is 12.1 Å². The molecule has 0 bridgehead atoms. The van der Waals surface area contributed by atoms with Crippen LogP contribution in [0, 0.1) is 0 Å². The number of carbonyl (C=O) groups is 2. The van der Waals surface area contributed by atoms with Crippen molar-refractivity contribution in [2.24, 2.45) is 0 Å². The van der Waals surface area contributed by atoms with Crippen LogP contribution < -0.4 is 16.0 Å². The van der Waals surface area contributed by atoms with Crippen molar-refractivity contribution < 1.29 is 9.59 Å². The average molecular weight is 249 g/mol. The molecule has 0 aliphatic heterocycles. The van der Waals surface area contributed by atoms with Crippen molar-refractivity contribution in [2.75, 3.05) is 18.4 Å². The summed E-state index contributed by atoms with van der Waals surface area (Å²) in [7, 11) is 0. The van der Waals surface area contributed by atoms with Crippen LogP contribution in [0.15, 0.2) is 24.3 Å². The molecule has 0 spiro atoms. The lowest BCUT2D eigenvalue weighted by molar-refractivity contribution is -0.118. The third kappa shape index (κ3) is 5.34. The fourth-order valence-corrected chi connectivity index (χ4v) is 1.41. The Bertz CT molecular complexity index is 401. The van der Waals surface area contributed by atoms with Crippen LogP contribution in [0.5, 0.6) is 0 Å². The van der Waals surface area contributed by atoms with Crippen molar-refractivity contribution in [1.29, 1.82) is 0 Å². The number of nitrogens with one attached hydrogen (secondary N) is 3. The van der Waals surface area contributed by atoms with Gasteiger partial charge in [0, 0.05) is 25.7 Å². The molecule has 5 nitrogen and oxygen atoms in total. The highest BCUT2D eigenvalue weighted by Crippen LogP contribution is 2.09. The second-order valence-electron chi connectivity index (χ2n) is 3.91. The van der Waals surface area contributed by atoms with Gasteiger partial charge >= 0.3 is 6.03 Å². The van der Waals surface area contributed by atoms with E-state index in [-0.39, 0.29) is 11.9 Å². The molecule has 1 aromatic rings. The van der Waals surface area contributed by atoms with Gasteiger partial charge in [0.1, 0.15) is 0 Å². The topological polar surface area (TPSA) is 70.2 Å². The van der Waals surface area contributed by atoms with Crippen molar-refractivity contribution in [3.8, 4) is 0 Å². The first-order valence-corrected chi connectivity index (χ1v) is 6.00. The predicted octanol–water partition coefficient (Wildman–Crippen LogP) is 1.51. The van der Waals surface area contributed by atoms with E-state index >= 15 is 0 Å². The van der Waals surface area contributed by atoms with Crippen LogP contribution in [0.4, 0.5) is 10.5 Å². The summed E-state index contributed by atoms with van der Waals surface area (Å²) in [6.45, 7) is 4.35. The normalized spacial score (nSPS) is 9.67. The molecule has 1 aromatic carbocycles. The Kier molecular flexibility index (Phi) is 5.70. The second-order valence-corrected chi connectivity index (χ2v) is 3.91. The Hall–Kier alpha value is -2.04. The van der Waals surface area contributed by atoms with Crippen LogP contribution in [0.25, 0.3) is 0 Å². The number of aryl methyl sites for hydroxylation is 1. The molecule has 0 unspecified atom stereocenters. The summed E-state index contributed by atoms with van der Waals surface area (Å²) in [6, 6.07) is 7.42. The highest BCUT2D eigenvalue weighted by atomic mass is 16.2. The quantitative estimate of drug-likeness (QED) is 0.692. The molecule has 0 radical (unpaired) electrons. The Morgan fingerprint density at radius 1 is 1.06 bits per heavy atom. The first-order chi connectivity index (χ1) is 8.61. The number of carbonyl (C=O) groups excluding carboxylic acids is 2. The van der Waals surface area contributed by atoms with Gasteiger partial charge in [-0.05, 0) is 24.1 Å². The second kappa shape index (κ2) is 7.32. The summed E-state index contributed by atoms with van der Waals surface area (Å²) < 4.78 is 0. The van der Waals surface area contributed by atoms with E-state index in [1.807, 2.05) is 24.3 Å². The molecule has 98 valence electrons. The fourth-order valence-electron chi connectivity index (χ4n) is 1.41. The molecule has 0 heterocycles. The number of rotatable bonds is 5. The van der Waals surface area contributed by atoms with Gasteiger partial charge in [0.05, 0.1) is 0 Å². The smallest absolute Gasteiger partial charge is 0.319 e. The average Bonchev–Trinajstić information content (AvgIpc) is 2.35. The Morgan fingerprint density at radius 3 is 2.22 bits per heavy atom. The first-order valence-electron chi connectivity index (χ1n) is 6.00. The minimum Gasteiger partial charge on any atom is -0.355 e. The molecule has 0 fully saturated rings. The molecule has 0 aliphatic rings. The highest BCUT2D eigenvalue weighted by Gasteiger charge is 2.00. The van der Waals surface area contributed by atoms with E-state index < -0.39 is 0 Å². The molecule has 0 aromatic heterocycles.